The smallest absolute Gasteiger partial charge is 0.221 e. The lowest BCUT2D eigenvalue weighted by Crippen LogP contribution is -2.05. The fourth-order valence-electron chi connectivity index (χ4n) is 1.74. The third kappa shape index (κ3) is 3.83. The second-order valence-electron chi connectivity index (χ2n) is 4.30. The zero-order valence-corrected chi connectivity index (χ0v) is 11.4. The number of nitrogens with two attached hydrogens (primary N) is 2. The summed E-state index contributed by atoms with van der Waals surface area (Å²) in [7, 11) is 1.64. The first-order chi connectivity index (χ1) is 9.69. The molecule has 0 spiro atoms. The van der Waals surface area contributed by atoms with E-state index in [0.717, 1.165) is 16.9 Å². The standard InChI is InChI=1S/C14H18N4O2/c1-19-6-7-20-12-4-2-10(3-5-12)8-11-9-17-14(16)18-13(11)15/h2-5,9H,6-8H2,1H3,(H4,15,16,17,18). The number of aromatic nitrogens is 2. The van der Waals surface area contributed by atoms with Gasteiger partial charge in [-0.25, -0.2) is 4.98 Å². The first kappa shape index (κ1) is 14.1. The summed E-state index contributed by atoms with van der Waals surface area (Å²) in [5.41, 5.74) is 13.2. The van der Waals surface area contributed by atoms with Crippen LogP contribution in [0.2, 0.25) is 0 Å². The summed E-state index contributed by atoms with van der Waals surface area (Å²) in [5, 5.41) is 0. The summed E-state index contributed by atoms with van der Waals surface area (Å²) in [4.78, 5) is 7.89. The number of hydrogen-bond donors (Lipinski definition) is 2. The highest BCUT2D eigenvalue weighted by Gasteiger charge is 2.04. The van der Waals surface area contributed by atoms with Crippen LogP contribution >= 0.6 is 0 Å². The molecule has 0 saturated heterocycles. The average molecular weight is 274 g/mol. The number of nitrogen functional groups attached to an aromatic ring is 2. The first-order valence-corrected chi connectivity index (χ1v) is 6.26. The molecule has 1 aromatic carbocycles. The van der Waals surface area contributed by atoms with Crippen LogP contribution in [0.15, 0.2) is 30.5 Å². The van der Waals surface area contributed by atoms with Crippen molar-refractivity contribution in [2.24, 2.45) is 0 Å². The third-order valence-corrected chi connectivity index (χ3v) is 2.79. The zero-order valence-electron chi connectivity index (χ0n) is 11.4. The molecule has 6 nitrogen and oxygen atoms in total. The summed E-state index contributed by atoms with van der Waals surface area (Å²) >= 11 is 0. The molecule has 0 radical (unpaired) electrons. The van der Waals surface area contributed by atoms with Gasteiger partial charge in [-0.2, -0.15) is 4.98 Å². The normalized spacial score (nSPS) is 10.4. The molecule has 6 heteroatoms. The zero-order chi connectivity index (χ0) is 14.4. The average Bonchev–Trinajstić information content (AvgIpc) is 2.44. The molecule has 20 heavy (non-hydrogen) atoms. The third-order valence-electron chi connectivity index (χ3n) is 2.79. The van der Waals surface area contributed by atoms with Crippen LogP contribution in [0.5, 0.6) is 5.75 Å². The minimum atomic E-state index is 0.188. The molecule has 0 bridgehead atoms. The van der Waals surface area contributed by atoms with Crippen LogP contribution in [-0.4, -0.2) is 30.3 Å². The molecule has 1 heterocycles. The number of benzene rings is 1. The van der Waals surface area contributed by atoms with E-state index in [1.165, 1.54) is 0 Å². The second-order valence-corrected chi connectivity index (χ2v) is 4.30. The number of nitrogens with zero attached hydrogens (tertiary/aromatic N) is 2. The van der Waals surface area contributed by atoms with Gasteiger partial charge in [-0.15, -0.1) is 0 Å². The van der Waals surface area contributed by atoms with Gasteiger partial charge in [0.15, 0.2) is 0 Å². The van der Waals surface area contributed by atoms with E-state index in [1.54, 1.807) is 13.3 Å². The van der Waals surface area contributed by atoms with E-state index in [0.29, 0.717) is 25.5 Å². The van der Waals surface area contributed by atoms with Gasteiger partial charge in [-0.3, -0.25) is 0 Å². The van der Waals surface area contributed by atoms with E-state index >= 15 is 0 Å². The van der Waals surface area contributed by atoms with Crippen LogP contribution in [0.1, 0.15) is 11.1 Å². The summed E-state index contributed by atoms with van der Waals surface area (Å²) in [5.74, 6) is 1.42. The summed E-state index contributed by atoms with van der Waals surface area (Å²) in [6.45, 7) is 1.11. The molecule has 2 rings (SSSR count). The Labute approximate surface area is 117 Å². The Balaban J connectivity index is 1.99. The predicted molar refractivity (Wildman–Crippen MR) is 77.5 cm³/mol. The molecule has 4 N–H and O–H groups in total. The van der Waals surface area contributed by atoms with E-state index in [2.05, 4.69) is 9.97 Å². The van der Waals surface area contributed by atoms with Gasteiger partial charge in [-0.1, -0.05) is 12.1 Å². The van der Waals surface area contributed by atoms with Gasteiger partial charge >= 0.3 is 0 Å². The number of methoxy groups -OCH3 is 1. The van der Waals surface area contributed by atoms with Gasteiger partial charge in [0.05, 0.1) is 6.61 Å². The van der Waals surface area contributed by atoms with E-state index in [9.17, 15) is 0 Å². The van der Waals surface area contributed by atoms with Crippen LogP contribution < -0.4 is 16.2 Å². The predicted octanol–water partition coefficient (Wildman–Crippen LogP) is 1.26. The summed E-state index contributed by atoms with van der Waals surface area (Å²) in [6.07, 6.45) is 2.31. The quantitative estimate of drug-likeness (QED) is 0.770. The van der Waals surface area contributed by atoms with Gasteiger partial charge in [0.2, 0.25) is 5.95 Å². The minimum Gasteiger partial charge on any atom is -0.491 e. The Morgan fingerprint density at radius 1 is 1.10 bits per heavy atom. The van der Waals surface area contributed by atoms with Crippen molar-refractivity contribution < 1.29 is 9.47 Å². The van der Waals surface area contributed by atoms with E-state index in [4.69, 9.17) is 20.9 Å². The molecular weight excluding hydrogens is 256 g/mol. The molecule has 0 amide bonds. The van der Waals surface area contributed by atoms with E-state index in [1.807, 2.05) is 24.3 Å². The second kappa shape index (κ2) is 6.72. The summed E-state index contributed by atoms with van der Waals surface area (Å²) in [6, 6.07) is 7.80. The van der Waals surface area contributed by atoms with E-state index < -0.39 is 0 Å². The number of ether oxygens (including phenoxy) is 2. The lowest BCUT2D eigenvalue weighted by Gasteiger charge is -2.08. The van der Waals surface area contributed by atoms with Crippen molar-refractivity contribution in [1.29, 1.82) is 0 Å². The van der Waals surface area contributed by atoms with Crippen molar-refractivity contribution in [2.45, 2.75) is 6.42 Å². The maximum Gasteiger partial charge on any atom is 0.221 e. The van der Waals surface area contributed by atoms with Gasteiger partial charge in [0, 0.05) is 25.3 Å². The maximum atomic E-state index is 5.81. The van der Waals surface area contributed by atoms with E-state index in [-0.39, 0.29) is 5.95 Å². The molecule has 1 aromatic heterocycles. The lowest BCUT2D eigenvalue weighted by atomic mass is 10.1. The van der Waals surface area contributed by atoms with Crippen LogP contribution in [0, 0.1) is 0 Å². The number of rotatable bonds is 6. The monoisotopic (exact) mass is 274 g/mol. The van der Waals surface area contributed by atoms with Crippen molar-refractivity contribution in [2.75, 3.05) is 31.8 Å². The summed E-state index contributed by atoms with van der Waals surface area (Å²) < 4.78 is 10.4. The van der Waals surface area contributed by atoms with Crippen LogP contribution in [0.3, 0.4) is 0 Å². The SMILES string of the molecule is COCCOc1ccc(Cc2cnc(N)nc2N)cc1. The largest absolute Gasteiger partial charge is 0.491 e. The molecule has 0 aliphatic heterocycles. The Morgan fingerprint density at radius 3 is 2.50 bits per heavy atom. The highest BCUT2D eigenvalue weighted by molar-refractivity contribution is 5.44. The highest BCUT2D eigenvalue weighted by atomic mass is 16.5. The topological polar surface area (TPSA) is 96.3 Å². The van der Waals surface area contributed by atoms with Crippen molar-refractivity contribution in [1.82, 2.24) is 9.97 Å². The Hall–Kier alpha value is -2.34. The highest BCUT2D eigenvalue weighted by Crippen LogP contribution is 2.17. The molecule has 0 atom stereocenters. The van der Waals surface area contributed by atoms with Crippen LogP contribution in [-0.2, 0) is 11.2 Å². The van der Waals surface area contributed by atoms with Gasteiger partial charge in [-0.05, 0) is 17.7 Å². The fraction of sp³-hybridized carbons (Fsp3) is 0.286. The molecule has 0 aliphatic carbocycles. The molecule has 0 aliphatic rings. The molecule has 0 saturated carbocycles. The van der Waals surface area contributed by atoms with Gasteiger partial charge < -0.3 is 20.9 Å². The van der Waals surface area contributed by atoms with Crippen molar-refractivity contribution in [3.05, 3.63) is 41.6 Å². The van der Waals surface area contributed by atoms with Crippen molar-refractivity contribution in [3.63, 3.8) is 0 Å². The molecular formula is C14H18N4O2. The molecule has 106 valence electrons. The number of anilines is 2. The molecule has 2 aromatic rings. The molecule has 0 fully saturated rings. The van der Waals surface area contributed by atoms with Crippen molar-refractivity contribution in [3.8, 4) is 5.75 Å². The lowest BCUT2D eigenvalue weighted by molar-refractivity contribution is 0.146. The fourth-order valence-corrected chi connectivity index (χ4v) is 1.74. The van der Waals surface area contributed by atoms with Crippen LogP contribution in [0.4, 0.5) is 11.8 Å². The maximum absolute atomic E-state index is 5.81. The Kier molecular flexibility index (Phi) is 4.73. The Bertz CT molecular complexity index is 558. The first-order valence-electron chi connectivity index (χ1n) is 6.26. The number of hydrogen-bond acceptors (Lipinski definition) is 6. The van der Waals surface area contributed by atoms with Crippen LogP contribution in [0.25, 0.3) is 0 Å². The van der Waals surface area contributed by atoms with Gasteiger partial charge in [0.25, 0.3) is 0 Å². The van der Waals surface area contributed by atoms with Gasteiger partial charge in [0.1, 0.15) is 18.2 Å². The Morgan fingerprint density at radius 2 is 1.85 bits per heavy atom. The van der Waals surface area contributed by atoms with Crippen molar-refractivity contribution >= 4 is 11.8 Å². The minimum absolute atomic E-state index is 0.188. The molecule has 0 unspecified atom stereocenters.